The normalized spacial score (nSPS) is 15.3. The minimum Gasteiger partial charge on any atom is -0.325 e. The lowest BCUT2D eigenvalue weighted by Gasteiger charge is -2.14. The van der Waals surface area contributed by atoms with Gasteiger partial charge in [0.1, 0.15) is 5.82 Å². The van der Waals surface area contributed by atoms with Gasteiger partial charge in [0.25, 0.3) is 0 Å². The van der Waals surface area contributed by atoms with Crippen LogP contribution in [-0.4, -0.2) is 25.9 Å². The van der Waals surface area contributed by atoms with Crippen molar-refractivity contribution < 1.29 is 4.79 Å². The Kier molecular flexibility index (Phi) is 4.21. The molecule has 1 amide bonds. The molecular weight excluding hydrogens is 332 g/mol. The SMILES string of the molecule is Cc1nnc(S[C@H](C)C(=O)Nc2cccc3ccccc23)n1C1CC1. The van der Waals surface area contributed by atoms with Crippen molar-refractivity contribution >= 4 is 34.1 Å². The number of hydrogen-bond donors (Lipinski definition) is 1. The zero-order valence-electron chi connectivity index (χ0n) is 14.3. The molecule has 0 radical (unpaired) electrons. The van der Waals surface area contributed by atoms with Gasteiger partial charge in [-0.1, -0.05) is 48.2 Å². The van der Waals surface area contributed by atoms with Crippen LogP contribution in [0, 0.1) is 6.92 Å². The zero-order valence-corrected chi connectivity index (χ0v) is 15.1. The van der Waals surface area contributed by atoms with Gasteiger partial charge >= 0.3 is 0 Å². The molecule has 0 spiro atoms. The third-order valence-electron chi connectivity index (χ3n) is 4.45. The summed E-state index contributed by atoms with van der Waals surface area (Å²) in [6.07, 6.45) is 2.34. The molecule has 3 aromatic rings. The van der Waals surface area contributed by atoms with E-state index in [2.05, 4.69) is 20.1 Å². The topological polar surface area (TPSA) is 59.8 Å². The van der Waals surface area contributed by atoms with Gasteiger partial charge in [-0.2, -0.15) is 0 Å². The molecule has 1 aliphatic rings. The highest BCUT2D eigenvalue weighted by atomic mass is 32.2. The van der Waals surface area contributed by atoms with Crippen molar-refractivity contribution in [3.8, 4) is 0 Å². The first-order valence-corrected chi connectivity index (χ1v) is 9.38. The number of nitrogens with zero attached hydrogens (tertiary/aromatic N) is 3. The summed E-state index contributed by atoms with van der Waals surface area (Å²) in [6.45, 7) is 3.88. The molecule has 0 aliphatic heterocycles. The minimum absolute atomic E-state index is 0.0237. The number of carbonyl (C=O) groups excluding carboxylic acids is 1. The molecule has 128 valence electrons. The lowest BCUT2D eigenvalue weighted by molar-refractivity contribution is -0.115. The van der Waals surface area contributed by atoms with Crippen molar-refractivity contribution in [3.63, 3.8) is 0 Å². The average Bonchev–Trinajstić information content (AvgIpc) is 3.39. The second kappa shape index (κ2) is 6.52. The number of amides is 1. The highest BCUT2D eigenvalue weighted by Crippen LogP contribution is 2.39. The molecule has 2 aromatic carbocycles. The first kappa shape index (κ1) is 16.1. The molecule has 1 aromatic heterocycles. The Morgan fingerprint density at radius 3 is 2.76 bits per heavy atom. The van der Waals surface area contributed by atoms with Crippen LogP contribution >= 0.6 is 11.8 Å². The van der Waals surface area contributed by atoms with Crippen LogP contribution in [0.25, 0.3) is 10.8 Å². The van der Waals surface area contributed by atoms with Crippen LogP contribution in [0.5, 0.6) is 0 Å². The van der Waals surface area contributed by atoms with Gasteiger partial charge in [-0.15, -0.1) is 10.2 Å². The Morgan fingerprint density at radius 2 is 1.96 bits per heavy atom. The first-order valence-electron chi connectivity index (χ1n) is 8.50. The lowest BCUT2D eigenvalue weighted by atomic mass is 10.1. The fourth-order valence-electron chi connectivity index (χ4n) is 2.96. The van der Waals surface area contributed by atoms with Crippen LogP contribution in [0.15, 0.2) is 47.6 Å². The van der Waals surface area contributed by atoms with Crippen molar-refractivity contribution in [1.29, 1.82) is 0 Å². The predicted molar refractivity (Wildman–Crippen MR) is 101 cm³/mol. The van der Waals surface area contributed by atoms with Gasteiger partial charge in [0.2, 0.25) is 5.91 Å². The molecule has 25 heavy (non-hydrogen) atoms. The van der Waals surface area contributed by atoms with Gasteiger partial charge in [-0.25, -0.2) is 0 Å². The standard InChI is InChI=1S/C19H20N4OS/c1-12(25-19-22-21-13(2)23(19)15-10-11-15)18(24)20-17-9-5-7-14-6-3-4-8-16(14)17/h3-9,12,15H,10-11H2,1-2H3,(H,20,24)/t12-/m1/s1. The molecule has 0 unspecified atom stereocenters. The Hall–Kier alpha value is -2.34. The van der Waals surface area contributed by atoms with E-state index in [0.717, 1.165) is 27.4 Å². The van der Waals surface area contributed by atoms with E-state index in [4.69, 9.17) is 0 Å². The van der Waals surface area contributed by atoms with E-state index < -0.39 is 0 Å². The van der Waals surface area contributed by atoms with Gasteiger partial charge in [-0.3, -0.25) is 4.79 Å². The number of hydrogen-bond acceptors (Lipinski definition) is 4. The van der Waals surface area contributed by atoms with E-state index in [1.54, 1.807) is 0 Å². The highest BCUT2D eigenvalue weighted by Gasteiger charge is 2.29. The Balaban J connectivity index is 1.51. The third-order valence-corrected chi connectivity index (χ3v) is 5.50. The largest absolute Gasteiger partial charge is 0.325 e. The smallest absolute Gasteiger partial charge is 0.237 e. The number of carbonyl (C=O) groups is 1. The van der Waals surface area contributed by atoms with E-state index in [9.17, 15) is 4.79 Å². The number of thioether (sulfide) groups is 1. The highest BCUT2D eigenvalue weighted by molar-refractivity contribution is 8.00. The van der Waals surface area contributed by atoms with Crippen LogP contribution in [-0.2, 0) is 4.79 Å². The molecule has 1 heterocycles. The summed E-state index contributed by atoms with van der Waals surface area (Å²) in [4.78, 5) is 12.7. The summed E-state index contributed by atoms with van der Waals surface area (Å²) < 4.78 is 2.16. The molecule has 5 nitrogen and oxygen atoms in total. The third kappa shape index (κ3) is 3.26. The van der Waals surface area contributed by atoms with Crippen molar-refractivity contribution in [1.82, 2.24) is 14.8 Å². The van der Waals surface area contributed by atoms with Crippen LogP contribution in [0.1, 0.15) is 31.6 Å². The molecule has 1 atom stereocenters. The fraction of sp³-hybridized carbons (Fsp3) is 0.316. The second-order valence-electron chi connectivity index (χ2n) is 6.41. The molecule has 6 heteroatoms. The number of fused-ring (bicyclic) bond motifs is 1. The molecule has 1 N–H and O–H groups in total. The van der Waals surface area contributed by atoms with E-state index in [-0.39, 0.29) is 11.2 Å². The Bertz CT molecular complexity index is 927. The second-order valence-corrected chi connectivity index (χ2v) is 7.71. The van der Waals surface area contributed by atoms with Gasteiger partial charge in [0.05, 0.1) is 5.25 Å². The molecular formula is C19H20N4OS. The first-order chi connectivity index (χ1) is 12.1. The van der Waals surface area contributed by atoms with Gasteiger partial charge in [0, 0.05) is 17.1 Å². The number of benzene rings is 2. The van der Waals surface area contributed by atoms with E-state index in [1.165, 1.54) is 24.6 Å². The summed E-state index contributed by atoms with van der Waals surface area (Å²) in [5.41, 5.74) is 0.843. The molecule has 1 fully saturated rings. The number of aromatic nitrogens is 3. The van der Waals surface area contributed by atoms with Crippen molar-refractivity contribution in [2.24, 2.45) is 0 Å². The maximum absolute atomic E-state index is 12.7. The number of nitrogens with one attached hydrogen (secondary N) is 1. The summed E-state index contributed by atoms with van der Waals surface area (Å²) in [7, 11) is 0. The molecule has 0 saturated heterocycles. The quantitative estimate of drug-likeness (QED) is 0.699. The Labute approximate surface area is 150 Å². The monoisotopic (exact) mass is 352 g/mol. The van der Waals surface area contributed by atoms with E-state index in [0.29, 0.717) is 6.04 Å². The molecule has 4 rings (SSSR count). The van der Waals surface area contributed by atoms with Crippen molar-refractivity contribution in [2.45, 2.75) is 43.1 Å². The molecule has 1 aliphatic carbocycles. The molecule has 1 saturated carbocycles. The summed E-state index contributed by atoms with van der Waals surface area (Å²) in [5, 5.41) is 14.2. The summed E-state index contributed by atoms with van der Waals surface area (Å²) in [6, 6.07) is 14.5. The summed E-state index contributed by atoms with van der Waals surface area (Å²) in [5.74, 6) is 0.899. The van der Waals surface area contributed by atoms with E-state index in [1.807, 2.05) is 56.3 Å². The number of rotatable bonds is 5. The summed E-state index contributed by atoms with van der Waals surface area (Å²) >= 11 is 1.47. The van der Waals surface area contributed by atoms with Gasteiger partial charge in [0.15, 0.2) is 5.16 Å². The van der Waals surface area contributed by atoms with Crippen molar-refractivity contribution in [3.05, 3.63) is 48.3 Å². The van der Waals surface area contributed by atoms with E-state index >= 15 is 0 Å². The maximum Gasteiger partial charge on any atom is 0.237 e. The predicted octanol–water partition coefficient (Wildman–Crippen LogP) is 4.19. The average molecular weight is 352 g/mol. The number of anilines is 1. The molecule has 0 bridgehead atoms. The van der Waals surface area contributed by atoms with Crippen LogP contribution in [0.3, 0.4) is 0 Å². The maximum atomic E-state index is 12.7. The Morgan fingerprint density at radius 1 is 1.20 bits per heavy atom. The zero-order chi connectivity index (χ0) is 17.4. The number of aryl methyl sites for hydroxylation is 1. The minimum atomic E-state index is -0.250. The van der Waals surface area contributed by atoms with Crippen LogP contribution in [0.4, 0.5) is 5.69 Å². The van der Waals surface area contributed by atoms with Crippen molar-refractivity contribution in [2.75, 3.05) is 5.32 Å². The fourth-order valence-corrected chi connectivity index (χ4v) is 3.93. The van der Waals surface area contributed by atoms with Crippen LogP contribution in [0.2, 0.25) is 0 Å². The lowest BCUT2D eigenvalue weighted by Crippen LogP contribution is -2.23. The van der Waals surface area contributed by atoms with Gasteiger partial charge < -0.3 is 9.88 Å². The van der Waals surface area contributed by atoms with Crippen LogP contribution < -0.4 is 5.32 Å². The van der Waals surface area contributed by atoms with Gasteiger partial charge in [-0.05, 0) is 38.1 Å².